The molecule has 3 rings (SSSR count). The van der Waals surface area contributed by atoms with Gasteiger partial charge >= 0.3 is 6.03 Å². The first-order valence-corrected chi connectivity index (χ1v) is 9.92. The van der Waals surface area contributed by atoms with Crippen molar-refractivity contribution in [2.24, 2.45) is 0 Å². The van der Waals surface area contributed by atoms with E-state index in [0.717, 1.165) is 21.6 Å². The van der Waals surface area contributed by atoms with Gasteiger partial charge in [0.15, 0.2) is 0 Å². The fraction of sp³-hybridized carbons (Fsp3) is 0.286. The molecule has 2 aromatic heterocycles. The van der Waals surface area contributed by atoms with E-state index < -0.39 is 5.54 Å². The highest BCUT2D eigenvalue weighted by Gasteiger charge is 2.23. The largest absolute Gasteiger partial charge is 0.420 e. The Kier molecular flexibility index (Phi) is 5.94. The first kappa shape index (κ1) is 19.8. The lowest BCUT2D eigenvalue weighted by atomic mass is 9.92. The number of nitrogens with one attached hydrogen (secondary N) is 2. The lowest BCUT2D eigenvalue weighted by molar-refractivity contribution is 0.230. The van der Waals surface area contributed by atoms with Gasteiger partial charge in [-0.15, -0.1) is 21.5 Å². The van der Waals surface area contributed by atoms with Crippen LogP contribution in [-0.4, -0.2) is 22.8 Å². The van der Waals surface area contributed by atoms with Gasteiger partial charge in [-0.05, 0) is 49.4 Å². The van der Waals surface area contributed by atoms with Crippen molar-refractivity contribution in [3.05, 3.63) is 65.4 Å². The number of hydrogen-bond acceptors (Lipinski definition) is 5. The van der Waals surface area contributed by atoms with Crippen LogP contribution in [-0.2, 0) is 12.0 Å². The SMILES string of the molecule is C=C(C)c1cccc(C(C)(C)NC(=O)NCCc2nnc(-c3cccs3)o2)c1. The normalized spacial score (nSPS) is 11.2. The van der Waals surface area contributed by atoms with E-state index in [4.69, 9.17) is 4.42 Å². The van der Waals surface area contributed by atoms with Gasteiger partial charge in [0.2, 0.25) is 5.89 Å². The van der Waals surface area contributed by atoms with Crippen LogP contribution in [0.5, 0.6) is 0 Å². The van der Waals surface area contributed by atoms with E-state index in [2.05, 4.69) is 27.4 Å². The molecule has 0 aliphatic heterocycles. The van der Waals surface area contributed by atoms with Gasteiger partial charge in [0.1, 0.15) is 0 Å². The Labute approximate surface area is 168 Å². The molecule has 2 heterocycles. The Morgan fingerprint density at radius 2 is 2.07 bits per heavy atom. The van der Waals surface area contributed by atoms with Gasteiger partial charge in [0.25, 0.3) is 5.89 Å². The molecule has 0 fully saturated rings. The Morgan fingerprint density at radius 3 is 2.79 bits per heavy atom. The van der Waals surface area contributed by atoms with Crippen LogP contribution in [0.25, 0.3) is 16.3 Å². The minimum absolute atomic E-state index is 0.247. The zero-order chi connectivity index (χ0) is 20.1. The third kappa shape index (κ3) is 4.86. The topological polar surface area (TPSA) is 80.0 Å². The molecule has 0 aliphatic rings. The van der Waals surface area contributed by atoms with Gasteiger partial charge < -0.3 is 15.1 Å². The van der Waals surface area contributed by atoms with Crippen LogP contribution in [0.3, 0.4) is 0 Å². The summed E-state index contributed by atoms with van der Waals surface area (Å²) in [7, 11) is 0. The molecule has 1 aromatic carbocycles. The maximum Gasteiger partial charge on any atom is 0.315 e. The molecule has 0 spiro atoms. The maximum absolute atomic E-state index is 12.3. The van der Waals surface area contributed by atoms with E-state index in [-0.39, 0.29) is 6.03 Å². The molecule has 0 unspecified atom stereocenters. The van der Waals surface area contributed by atoms with Crippen molar-refractivity contribution in [1.29, 1.82) is 0 Å². The molecule has 7 heteroatoms. The number of urea groups is 1. The van der Waals surface area contributed by atoms with Crippen molar-refractivity contribution >= 4 is 22.9 Å². The molecule has 0 atom stereocenters. The predicted molar refractivity (Wildman–Crippen MR) is 112 cm³/mol. The molecule has 146 valence electrons. The number of rotatable bonds is 7. The third-order valence-corrected chi connectivity index (χ3v) is 5.18. The number of aromatic nitrogens is 2. The van der Waals surface area contributed by atoms with Crippen LogP contribution in [0, 0.1) is 0 Å². The van der Waals surface area contributed by atoms with Crippen molar-refractivity contribution < 1.29 is 9.21 Å². The number of carbonyl (C=O) groups excluding carboxylic acids is 1. The standard InChI is InChI=1S/C21H24N4O2S/c1-14(2)15-7-5-8-16(13-15)21(3,4)23-20(26)22-11-10-18-24-25-19(27-18)17-9-6-12-28-17/h5-9,12-13H,1,10-11H2,2-4H3,(H2,22,23,26). The van der Waals surface area contributed by atoms with Crippen molar-refractivity contribution in [1.82, 2.24) is 20.8 Å². The average Bonchev–Trinajstić information content (AvgIpc) is 3.33. The van der Waals surface area contributed by atoms with Crippen LogP contribution < -0.4 is 10.6 Å². The zero-order valence-corrected chi connectivity index (χ0v) is 17.1. The summed E-state index contributed by atoms with van der Waals surface area (Å²) < 4.78 is 5.62. The summed E-state index contributed by atoms with van der Waals surface area (Å²) in [6.45, 7) is 10.3. The summed E-state index contributed by atoms with van der Waals surface area (Å²) >= 11 is 1.54. The van der Waals surface area contributed by atoms with Crippen LogP contribution in [0.2, 0.25) is 0 Å². The minimum atomic E-state index is -0.521. The van der Waals surface area contributed by atoms with Crippen LogP contribution in [0.4, 0.5) is 4.79 Å². The van der Waals surface area contributed by atoms with E-state index in [0.29, 0.717) is 24.7 Å². The second-order valence-corrected chi connectivity index (χ2v) is 8.04. The molecular weight excluding hydrogens is 372 g/mol. The van der Waals surface area contributed by atoms with Crippen molar-refractivity contribution in [2.75, 3.05) is 6.54 Å². The van der Waals surface area contributed by atoms with Gasteiger partial charge in [-0.25, -0.2) is 4.79 Å². The first-order chi connectivity index (χ1) is 13.3. The number of allylic oxidation sites excluding steroid dienone is 1. The van der Waals surface area contributed by atoms with Gasteiger partial charge in [0.05, 0.1) is 10.4 Å². The second kappa shape index (κ2) is 8.39. The Morgan fingerprint density at radius 1 is 1.25 bits per heavy atom. The summed E-state index contributed by atoms with van der Waals surface area (Å²) in [5, 5.41) is 15.9. The fourth-order valence-electron chi connectivity index (χ4n) is 2.71. The smallest absolute Gasteiger partial charge is 0.315 e. The van der Waals surface area contributed by atoms with Gasteiger partial charge in [-0.2, -0.15) is 0 Å². The summed E-state index contributed by atoms with van der Waals surface area (Å²) in [5.74, 6) is 1.00. The molecule has 0 aliphatic carbocycles. The molecule has 3 aromatic rings. The van der Waals surface area contributed by atoms with Gasteiger partial charge in [-0.1, -0.05) is 36.4 Å². The highest BCUT2D eigenvalue weighted by atomic mass is 32.1. The lowest BCUT2D eigenvalue weighted by Gasteiger charge is -2.27. The van der Waals surface area contributed by atoms with E-state index in [1.54, 1.807) is 11.3 Å². The van der Waals surface area contributed by atoms with Gasteiger partial charge in [0, 0.05) is 13.0 Å². The minimum Gasteiger partial charge on any atom is -0.420 e. The lowest BCUT2D eigenvalue weighted by Crippen LogP contribution is -2.46. The Bertz CT molecular complexity index is 960. The van der Waals surface area contributed by atoms with Crippen LogP contribution >= 0.6 is 11.3 Å². The van der Waals surface area contributed by atoms with Crippen molar-refractivity contribution in [3.63, 3.8) is 0 Å². The molecule has 0 bridgehead atoms. The number of hydrogen-bond donors (Lipinski definition) is 2. The van der Waals surface area contributed by atoms with Gasteiger partial charge in [-0.3, -0.25) is 0 Å². The molecule has 2 N–H and O–H groups in total. The zero-order valence-electron chi connectivity index (χ0n) is 16.3. The van der Waals surface area contributed by atoms with Crippen LogP contribution in [0.15, 0.2) is 52.8 Å². The Hall–Kier alpha value is -2.93. The monoisotopic (exact) mass is 396 g/mol. The van der Waals surface area contributed by atoms with Crippen LogP contribution in [0.1, 0.15) is 37.8 Å². The summed E-state index contributed by atoms with van der Waals surface area (Å²) in [6.07, 6.45) is 0.470. The summed E-state index contributed by atoms with van der Waals surface area (Å²) in [5.41, 5.74) is 2.54. The molecule has 6 nitrogen and oxygen atoms in total. The number of benzene rings is 1. The molecule has 0 saturated carbocycles. The number of amides is 2. The number of nitrogens with zero attached hydrogens (tertiary/aromatic N) is 2. The molecule has 0 saturated heterocycles. The predicted octanol–water partition coefficient (Wildman–Crippen LogP) is 4.61. The van der Waals surface area contributed by atoms with E-state index >= 15 is 0 Å². The second-order valence-electron chi connectivity index (χ2n) is 7.10. The van der Waals surface area contributed by atoms with Crippen molar-refractivity contribution in [3.8, 4) is 10.8 Å². The summed E-state index contributed by atoms with van der Waals surface area (Å²) in [4.78, 5) is 13.3. The van der Waals surface area contributed by atoms with Crippen molar-refractivity contribution in [2.45, 2.75) is 32.7 Å². The maximum atomic E-state index is 12.3. The highest BCUT2D eigenvalue weighted by Crippen LogP contribution is 2.24. The molecule has 28 heavy (non-hydrogen) atoms. The molecule has 2 amide bonds. The van der Waals surface area contributed by atoms with E-state index in [1.807, 2.05) is 62.5 Å². The highest BCUT2D eigenvalue weighted by molar-refractivity contribution is 7.13. The average molecular weight is 397 g/mol. The Balaban J connectivity index is 1.52. The molecular formula is C21H24N4O2S. The quantitative estimate of drug-likeness (QED) is 0.611. The van der Waals surface area contributed by atoms with E-state index in [1.165, 1.54) is 0 Å². The molecule has 0 radical (unpaired) electrons. The number of thiophene rings is 1. The van der Waals surface area contributed by atoms with E-state index in [9.17, 15) is 4.79 Å². The first-order valence-electron chi connectivity index (χ1n) is 9.04. The number of carbonyl (C=O) groups is 1. The third-order valence-electron chi connectivity index (χ3n) is 4.33. The summed E-state index contributed by atoms with van der Waals surface area (Å²) in [6, 6.07) is 11.6. The fourth-order valence-corrected chi connectivity index (χ4v) is 3.36.